The SMILES string of the molecule is Cc1n[c-]nc(Nc2ccc(/C=C/c3ccc(Nc4n[c-]nc(C)n4)cc3S(=O)(=O)[O-])c(SOO[O-])c2)n1.[Na+].[Na+].[Y].[Y]. The topological polar surface area (TPSA) is 200 Å². The summed E-state index contributed by atoms with van der Waals surface area (Å²) in [5.41, 5.74) is 1.46. The molecule has 0 fully saturated rings. The summed E-state index contributed by atoms with van der Waals surface area (Å²) in [6.07, 6.45) is 7.86. The first-order valence-electron chi connectivity index (χ1n) is 10.5. The van der Waals surface area contributed by atoms with Gasteiger partial charge < -0.3 is 50.3 Å². The summed E-state index contributed by atoms with van der Waals surface area (Å²) >= 11 is 0.626. The summed E-state index contributed by atoms with van der Waals surface area (Å²) in [6, 6.07) is 9.14. The Labute approximate surface area is 340 Å². The van der Waals surface area contributed by atoms with Crippen LogP contribution in [0.4, 0.5) is 23.3 Å². The Balaban J connectivity index is 0.00000420. The maximum Gasteiger partial charge on any atom is 1.00 e. The van der Waals surface area contributed by atoms with Crippen molar-refractivity contribution in [3.8, 4) is 0 Å². The molecule has 0 spiro atoms. The quantitative estimate of drug-likeness (QED) is 0.0301. The van der Waals surface area contributed by atoms with Gasteiger partial charge in [-0.05, 0) is 35.4 Å². The summed E-state index contributed by atoms with van der Waals surface area (Å²) in [6.45, 7) is 3.32. The number of aromatic nitrogens is 6. The number of benzene rings is 2. The van der Waals surface area contributed by atoms with Crippen LogP contribution in [0.5, 0.6) is 0 Å². The van der Waals surface area contributed by atoms with E-state index in [1.54, 1.807) is 44.2 Å². The summed E-state index contributed by atoms with van der Waals surface area (Å²) in [5, 5.41) is 19.7. The van der Waals surface area contributed by atoms with Crippen LogP contribution in [0.2, 0.25) is 0 Å². The number of rotatable bonds is 10. The molecule has 20 heteroatoms. The van der Waals surface area contributed by atoms with E-state index >= 15 is 0 Å². The normalized spacial score (nSPS) is 10.5. The Kier molecular flexibility index (Phi) is 20.4. The van der Waals surface area contributed by atoms with Gasteiger partial charge in [0.25, 0.3) is 0 Å². The molecule has 4 aromatic rings. The summed E-state index contributed by atoms with van der Waals surface area (Å²) < 4.78 is 40.5. The van der Waals surface area contributed by atoms with Crippen molar-refractivity contribution >= 4 is 57.6 Å². The van der Waals surface area contributed by atoms with Crippen molar-refractivity contribution in [2.75, 3.05) is 10.6 Å². The van der Waals surface area contributed by atoms with E-state index in [9.17, 15) is 18.2 Å². The van der Waals surface area contributed by atoms with Crippen LogP contribution in [-0.4, -0.2) is 42.9 Å². The van der Waals surface area contributed by atoms with Crippen LogP contribution in [0.25, 0.3) is 12.2 Å². The molecule has 202 valence electrons. The molecule has 2 heterocycles. The van der Waals surface area contributed by atoms with Crippen LogP contribution in [0.1, 0.15) is 22.8 Å². The van der Waals surface area contributed by atoms with Crippen molar-refractivity contribution < 1.29 is 152 Å². The van der Waals surface area contributed by atoms with Crippen LogP contribution < -0.4 is 75.0 Å². The molecule has 0 saturated heterocycles. The molecule has 2 N–H and O–H groups in total. The van der Waals surface area contributed by atoms with E-state index < -0.39 is 15.0 Å². The molecule has 0 unspecified atom stereocenters. The third-order valence-corrected chi connectivity index (χ3v) is 6.22. The summed E-state index contributed by atoms with van der Waals surface area (Å²) in [7, 11) is -4.86. The second-order valence-corrected chi connectivity index (χ2v) is 9.47. The van der Waals surface area contributed by atoms with E-state index in [-0.39, 0.29) is 148 Å². The van der Waals surface area contributed by atoms with E-state index in [0.717, 1.165) is 0 Å². The van der Waals surface area contributed by atoms with Gasteiger partial charge in [0.05, 0.1) is 16.9 Å². The third-order valence-electron chi connectivity index (χ3n) is 4.67. The number of nitrogens with zero attached hydrogens (tertiary/aromatic N) is 6. The van der Waals surface area contributed by atoms with Crippen molar-refractivity contribution in [2.24, 2.45) is 0 Å². The molecule has 0 amide bonds. The zero-order valence-corrected chi connectivity index (χ0v) is 34.0. The van der Waals surface area contributed by atoms with E-state index in [0.29, 0.717) is 39.8 Å². The van der Waals surface area contributed by atoms with Crippen molar-refractivity contribution in [3.63, 3.8) is 0 Å². The molecule has 0 bridgehead atoms. The number of aryl methyl sites for hydroxylation is 2. The standard InChI is InChI=1S/C22H18N8O6S2.2Na.2Y/c1-13-23-11-25-21(27-13)29-17-7-5-15(19(9-17)37-36-35-31)3-4-16-6-8-18(10-20(16)38(32,33)34)30-22-26-12-24-14(2)28-22;;;;/h3-10,31H,1-2H3,(H,32,33,34)(H,23,25,27,29)(H,24,26,28,30);;;;/q-2;2*+1;;/p-2/b4-3+;;;;. The van der Waals surface area contributed by atoms with Crippen LogP contribution in [0.3, 0.4) is 0 Å². The third kappa shape index (κ3) is 12.9. The molecule has 0 aliphatic carbocycles. The zero-order valence-electron chi connectivity index (χ0n) is 22.7. The molecule has 0 saturated carbocycles. The molecule has 2 radical (unpaired) electrons. The maximum absolute atomic E-state index is 12.0. The van der Waals surface area contributed by atoms with E-state index in [1.807, 2.05) is 0 Å². The average Bonchev–Trinajstić information content (AvgIpc) is 2.87. The molecule has 42 heavy (non-hydrogen) atoms. The molecule has 2 aromatic carbocycles. The van der Waals surface area contributed by atoms with Crippen LogP contribution in [0.15, 0.2) is 46.2 Å². The fourth-order valence-electron chi connectivity index (χ4n) is 3.08. The van der Waals surface area contributed by atoms with E-state index in [2.05, 4.69) is 62.6 Å². The second-order valence-electron chi connectivity index (χ2n) is 7.37. The molecule has 4 rings (SSSR count). The van der Waals surface area contributed by atoms with Gasteiger partial charge in [-0.3, -0.25) is 5.04 Å². The second kappa shape index (κ2) is 20.3. The van der Waals surface area contributed by atoms with Gasteiger partial charge in [-0.25, -0.2) is 8.42 Å². The number of hydrogen-bond acceptors (Lipinski definition) is 15. The predicted molar refractivity (Wildman–Crippen MR) is 131 cm³/mol. The van der Waals surface area contributed by atoms with Crippen molar-refractivity contribution in [2.45, 2.75) is 23.6 Å². The predicted octanol–water partition coefficient (Wildman–Crippen LogP) is -3.93. The Morgan fingerprint density at radius 3 is 1.83 bits per heavy atom. The van der Waals surface area contributed by atoms with Gasteiger partial charge in [0, 0.05) is 106 Å². The molecular formula is C22H16N8Na2O6S2Y2-2. The average molecular weight is 776 g/mol. The Morgan fingerprint density at radius 2 is 1.33 bits per heavy atom. The van der Waals surface area contributed by atoms with Gasteiger partial charge in [-0.2, -0.15) is 4.33 Å². The van der Waals surface area contributed by atoms with Gasteiger partial charge in [0.15, 0.2) is 0 Å². The Bertz CT molecular complexity index is 1610. The molecule has 2 aromatic heterocycles. The van der Waals surface area contributed by atoms with Crippen LogP contribution in [-0.2, 0) is 84.9 Å². The Hall–Kier alpha value is 0.148. The fourth-order valence-corrected chi connectivity index (χ4v) is 4.29. The fraction of sp³-hybridized carbons (Fsp3) is 0.0909. The van der Waals surface area contributed by atoms with E-state index in [4.69, 9.17) is 0 Å². The Morgan fingerprint density at radius 1 is 0.833 bits per heavy atom. The van der Waals surface area contributed by atoms with Gasteiger partial charge in [0.2, 0.25) is 0 Å². The minimum Gasteiger partial charge on any atom is -0.744 e. The molecule has 0 aliphatic heterocycles. The monoisotopic (exact) mass is 776 g/mol. The van der Waals surface area contributed by atoms with Gasteiger partial charge in [-0.1, -0.05) is 38.1 Å². The maximum atomic E-state index is 12.0. The smallest absolute Gasteiger partial charge is 0.744 e. The van der Waals surface area contributed by atoms with Gasteiger partial charge >= 0.3 is 59.1 Å². The van der Waals surface area contributed by atoms with Crippen LogP contribution >= 0.6 is 12.0 Å². The first-order valence-corrected chi connectivity index (χ1v) is 12.6. The first kappa shape index (κ1) is 42.1. The molecule has 0 aliphatic rings. The van der Waals surface area contributed by atoms with Crippen molar-refractivity contribution in [3.05, 3.63) is 71.8 Å². The minimum atomic E-state index is -4.86. The van der Waals surface area contributed by atoms with Crippen molar-refractivity contribution in [1.29, 1.82) is 0 Å². The largest absolute Gasteiger partial charge is 1.00 e. The van der Waals surface area contributed by atoms with Gasteiger partial charge in [-0.15, -0.1) is 0 Å². The minimum absolute atomic E-state index is 0. The summed E-state index contributed by atoms with van der Waals surface area (Å²) in [5.74, 6) is 1.26. The number of anilines is 4. The first-order chi connectivity index (χ1) is 18.2. The molecular weight excluding hydrogens is 760 g/mol. The van der Waals surface area contributed by atoms with Gasteiger partial charge in [0.1, 0.15) is 22.0 Å². The summed E-state index contributed by atoms with van der Waals surface area (Å²) in [4.78, 5) is 23.5. The molecule has 14 nitrogen and oxygen atoms in total. The zero-order chi connectivity index (χ0) is 27.1. The number of hydrogen-bond donors (Lipinski definition) is 2. The van der Waals surface area contributed by atoms with E-state index in [1.165, 1.54) is 18.2 Å². The van der Waals surface area contributed by atoms with Crippen LogP contribution in [0, 0.1) is 26.5 Å². The molecule has 0 atom stereocenters. The van der Waals surface area contributed by atoms with Crippen molar-refractivity contribution in [1.82, 2.24) is 29.9 Å². The number of nitrogens with one attached hydrogen (secondary N) is 2.